The summed E-state index contributed by atoms with van der Waals surface area (Å²) in [4.78, 5) is 0. The van der Waals surface area contributed by atoms with Gasteiger partial charge in [-0.15, -0.1) is 6.58 Å². The molecule has 0 bridgehead atoms. The van der Waals surface area contributed by atoms with Crippen LogP contribution in [-0.4, -0.2) is 55.5 Å². The Morgan fingerprint density at radius 3 is 3.05 bits per heavy atom. The zero-order chi connectivity index (χ0) is 14.6. The lowest BCUT2D eigenvalue weighted by atomic mass is 10.1. The maximum atomic E-state index is 5.95. The zero-order valence-electron chi connectivity index (χ0n) is 12.8. The van der Waals surface area contributed by atoms with Crippen LogP contribution >= 0.6 is 0 Å². The van der Waals surface area contributed by atoms with E-state index in [1.165, 1.54) is 0 Å². The predicted octanol–water partition coefficient (Wildman–Crippen LogP) is 2.18. The fraction of sp³-hybridized carbons (Fsp3) is 0.800. The van der Waals surface area contributed by atoms with Gasteiger partial charge >= 0.3 is 0 Å². The summed E-state index contributed by atoms with van der Waals surface area (Å²) >= 11 is 0. The molecule has 0 aromatic rings. The Labute approximate surface area is 121 Å². The summed E-state index contributed by atoms with van der Waals surface area (Å²) in [7, 11) is 1.74. The van der Waals surface area contributed by atoms with Crippen LogP contribution in [0.4, 0.5) is 0 Å². The van der Waals surface area contributed by atoms with Crippen molar-refractivity contribution in [1.29, 1.82) is 0 Å². The molecule has 2 aliphatic heterocycles. The van der Waals surface area contributed by atoms with E-state index in [1.807, 2.05) is 19.9 Å². The Balaban J connectivity index is 2.08. The molecule has 0 aromatic carbocycles. The van der Waals surface area contributed by atoms with Crippen molar-refractivity contribution < 1.29 is 14.2 Å². The van der Waals surface area contributed by atoms with Crippen LogP contribution in [-0.2, 0) is 14.2 Å². The van der Waals surface area contributed by atoms with Gasteiger partial charge in [0.05, 0.1) is 25.0 Å². The monoisotopic (exact) mass is 282 g/mol. The maximum absolute atomic E-state index is 5.95. The molecule has 0 spiro atoms. The van der Waals surface area contributed by atoms with Crippen LogP contribution in [0.2, 0.25) is 0 Å². The summed E-state index contributed by atoms with van der Waals surface area (Å²) in [5.41, 5.74) is 0.951. The highest BCUT2D eigenvalue weighted by Gasteiger charge is 2.34. The van der Waals surface area contributed by atoms with Crippen LogP contribution in [0.5, 0.6) is 0 Å². The lowest BCUT2D eigenvalue weighted by molar-refractivity contribution is -0.234. The Morgan fingerprint density at radius 2 is 2.35 bits per heavy atom. The van der Waals surface area contributed by atoms with E-state index in [9.17, 15) is 0 Å². The average Bonchev–Trinajstić information content (AvgIpc) is 2.81. The molecule has 2 fully saturated rings. The summed E-state index contributed by atoms with van der Waals surface area (Å²) < 4.78 is 16.9. The Kier molecular flexibility index (Phi) is 5.18. The third kappa shape index (κ3) is 3.81. The SMILES string of the molecule is C=CC[C@H]1OC(C)(C)OC/C1=N\N1CCC[C@H]1COC. The third-order valence-corrected chi connectivity index (χ3v) is 3.71. The molecule has 5 nitrogen and oxygen atoms in total. The molecular weight excluding hydrogens is 256 g/mol. The number of nitrogens with zero attached hydrogens (tertiary/aromatic N) is 2. The van der Waals surface area contributed by atoms with Crippen LogP contribution in [0.1, 0.15) is 33.1 Å². The van der Waals surface area contributed by atoms with Gasteiger partial charge in [0, 0.05) is 13.7 Å². The Bertz CT molecular complexity index is 368. The molecule has 2 atom stereocenters. The number of hydrogen-bond donors (Lipinski definition) is 0. The van der Waals surface area contributed by atoms with Gasteiger partial charge in [-0.05, 0) is 33.1 Å². The van der Waals surface area contributed by atoms with E-state index in [2.05, 4.69) is 11.6 Å². The lowest BCUT2D eigenvalue weighted by Gasteiger charge is -2.37. The first-order chi connectivity index (χ1) is 9.55. The molecule has 2 aliphatic rings. The second kappa shape index (κ2) is 6.70. The summed E-state index contributed by atoms with van der Waals surface area (Å²) in [6, 6.07) is 0.367. The van der Waals surface area contributed by atoms with Gasteiger partial charge in [-0.1, -0.05) is 6.08 Å². The van der Waals surface area contributed by atoms with Crippen molar-refractivity contribution in [2.75, 3.05) is 26.9 Å². The largest absolute Gasteiger partial charge is 0.382 e. The topological polar surface area (TPSA) is 43.3 Å². The molecule has 114 valence electrons. The molecule has 20 heavy (non-hydrogen) atoms. The molecule has 5 heteroatoms. The van der Waals surface area contributed by atoms with E-state index in [0.717, 1.165) is 38.1 Å². The molecular formula is C15H26N2O3. The Hall–Kier alpha value is -0.910. The fourth-order valence-electron chi connectivity index (χ4n) is 2.69. The first-order valence-electron chi connectivity index (χ1n) is 7.31. The molecule has 2 rings (SSSR count). The maximum Gasteiger partial charge on any atom is 0.164 e. The summed E-state index contributed by atoms with van der Waals surface area (Å²) in [6.07, 6.45) is 4.88. The highest BCUT2D eigenvalue weighted by atomic mass is 16.7. The highest BCUT2D eigenvalue weighted by Crippen LogP contribution is 2.25. The van der Waals surface area contributed by atoms with Crippen molar-refractivity contribution in [1.82, 2.24) is 5.01 Å². The molecule has 2 heterocycles. The number of methoxy groups -OCH3 is 1. The fourth-order valence-corrected chi connectivity index (χ4v) is 2.69. The number of rotatable bonds is 5. The summed E-state index contributed by atoms with van der Waals surface area (Å²) in [5, 5.41) is 6.90. The van der Waals surface area contributed by atoms with Crippen LogP contribution < -0.4 is 0 Å². The first kappa shape index (κ1) is 15.5. The van der Waals surface area contributed by atoms with Gasteiger partial charge in [0.25, 0.3) is 0 Å². The van der Waals surface area contributed by atoms with Gasteiger partial charge in [-0.3, -0.25) is 5.01 Å². The summed E-state index contributed by atoms with van der Waals surface area (Å²) in [6.45, 7) is 9.88. The van der Waals surface area contributed by atoms with Crippen molar-refractivity contribution in [2.24, 2.45) is 5.10 Å². The predicted molar refractivity (Wildman–Crippen MR) is 78.8 cm³/mol. The molecule has 0 radical (unpaired) electrons. The van der Waals surface area contributed by atoms with Gasteiger partial charge in [-0.2, -0.15) is 5.10 Å². The third-order valence-electron chi connectivity index (χ3n) is 3.71. The van der Waals surface area contributed by atoms with Crippen LogP contribution in [0.25, 0.3) is 0 Å². The molecule has 2 saturated heterocycles. The van der Waals surface area contributed by atoms with E-state index >= 15 is 0 Å². The summed E-state index contributed by atoms with van der Waals surface area (Å²) in [5.74, 6) is -0.552. The number of hydrazone groups is 1. The standard InChI is InChI=1S/C15H26N2O3/c1-5-7-14-13(11-19-15(2,3)20-14)16-17-9-6-8-12(17)10-18-4/h5,12,14H,1,6-11H2,2-4H3/b16-13+/t12-,14+/m0/s1. The van der Waals surface area contributed by atoms with E-state index in [4.69, 9.17) is 19.3 Å². The molecule has 0 aliphatic carbocycles. The van der Waals surface area contributed by atoms with E-state index in [-0.39, 0.29) is 6.10 Å². The van der Waals surface area contributed by atoms with Crippen LogP contribution in [0, 0.1) is 0 Å². The van der Waals surface area contributed by atoms with Crippen LogP contribution in [0.15, 0.2) is 17.8 Å². The van der Waals surface area contributed by atoms with Gasteiger partial charge in [0.15, 0.2) is 5.79 Å². The van der Waals surface area contributed by atoms with E-state index in [1.54, 1.807) is 7.11 Å². The minimum atomic E-state index is -0.552. The minimum absolute atomic E-state index is 0.0416. The second-order valence-corrected chi connectivity index (χ2v) is 5.83. The highest BCUT2D eigenvalue weighted by molar-refractivity contribution is 5.90. The Morgan fingerprint density at radius 1 is 1.55 bits per heavy atom. The van der Waals surface area contributed by atoms with Crippen molar-refractivity contribution in [3.63, 3.8) is 0 Å². The lowest BCUT2D eigenvalue weighted by Crippen LogP contribution is -2.47. The van der Waals surface area contributed by atoms with Crippen molar-refractivity contribution in [3.8, 4) is 0 Å². The van der Waals surface area contributed by atoms with Gasteiger partial charge < -0.3 is 14.2 Å². The van der Waals surface area contributed by atoms with Gasteiger partial charge in [0.1, 0.15) is 6.10 Å². The van der Waals surface area contributed by atoms with Crippen molar-refractivity contribution in [2.45, 2.75) is 51.0 Å². The van der Waals surface area contributed by atoms with Gasteiger partial charge in [0.2, 0.25) is 0 Å². The molecule has 0 saturated carbocycles. The van der Waals surface area contributed by atoms with E-state index in [0.29, 0.717) is 12.6 Å². The second-order valence-electron chi connectivity index (χ2n) is 5.83. The average molecular weight is 282 g/mol. The number of ether oxygens (including phenoxy) is 3. The number of hydrogen-bond acceptors (Lipinski definition) is 5. The molecule has 0 aromatic heterocycles. The van der Waals surface area contributed by atoms with Gasteiger partial charge in [-0.25, -0.2) is 0 Å². The normalized spacial score (nSPS) is 31.8. The van der Waals surface area contributed by atoms with Crippen LogP contribution in [0.3, 0.4) is 0 Å². The smallest absolute Gasteiger partial charge is 0.164 e. The zero-order valence-corrected chi connectivity index (χ0v) is 12.8. The van der Waals surface area contributed by atoms with Crippen molar-refractivity contribution in [3.05, 3.63) is 12.7 Å². The minimum Gasteiger partial charge on any atom is -0.382 e. The quantitative estimate of drug-likeness (QED) is 0.725. The first-order valence-corrected chi connectivity index (χ1v) is 7.31. The van der Waals surface area contributed by atoms with Crippen molar-refractivity contribution >= 4 is 5.71 Å². The van der Waals surface area contributed by atoms with E-state index < -0.39 is 5.79 Å². The molecule has 0 N–H and O–H groups in total. The molecule has 0 unspecified atom stereocenters. The molecule has 0 amide bonds.